The van der Waals surface area contributed by atoms with E-state index >= 15 is 0 Å². The van der Waals surface area contributed by atoms with Crippen molar-refractivity contribution in [2.75, 3.05) is 4.90 Å². The van der Waals surface area contributed by atoms with Crippen molar-refractivity contribution in [1.82, 2.24) is 4.98 Å². The SMILES string of the molecule is CC(C)(C)N(C(=O)O)c1csc(C(F)(F)F)n1. The van der Waals surface area contributed by atoms with E-state index in [0.717, 1.165) is 10.3 Å². The molecule has 1 rings (SSSR count). The highest BCUT2D eigenvalue weighted by molar-refractivity contribution is 7.10. The number of thiazole rings is 1. The van der Waals surface area contributed by atoms with E-state index in [-0.39, 0.29) is 5.82 Å². The summed E-state index contributed by atoms with van der Waals surface area (Å²) in [6.45, 7) is 4.73. The molecule has 0 aliphatic rings. The Balaban J connectivity index is 3.14. The van der Waals surface area contributed by atoms with Crippen LogP contribution >= 0.6 is 11.3 Å². The summed E-state index contributed by atoms with van der Waals surface area (Å²) in [4.78, 5) is 15.1. The van der Waals surface area contributed by atoms with Crippen LogP contribution < -0.4 is 4.90 Å². The van der Waals surface area contributed by atoms with Crippen LogP contribution in [0, 0.1) is 0 Å². The highest BCUT2D eigenvalue weighted by atomic mass is 32.1. The van der Waals surface area contributed by atoms with Crippen LogP contribution in [0.5, 0.6) is 0 Å². The first-order valence-electron chi connectivity index (χ1n) is 4.59. The first-order valence-corrected chi connectivity index (χ1v) is 5.47. The van der Waals surface area contributed by atoms with Crippen molar-refractivity contribution in [2.45, 2.75) is 32.5 Å². The maximum Gasteiger partial charge on any atom is 0.443 e. The lowest BCUT2D eigenvalue weighted by atomic mass is 10.1. The lowest BCUT2D eigenvalue weighted by molar-refractivity contribution is -0.137. The number of nitrogens with zero attached hydrogens (tertiary/aromatic N) is 2. The Bertz CT molecular complexity index is 423. The number of halogens is 3. The minimum absolute atomic E-state index is 0.206. The number of carbonyl (C=O) groups is 1. The summed E-state index contributed by atoms with van der Waals surface area (Å²) in [5.74, 6) is -0.206. The maximum atomic E-state index is 12.3. The van der Waals surface area contributed by atoms with E-state index in [1.807, 2.05) is 0 Å². The molecule has 8 heteroatoms. The summed E-state index contributed by atoms with van der Waals surface area (Å²) in [5.41, 5.74) is -0.858. The zero-order chi connectivity index (χ0) is 13.4. The number of hydrogen-bond acceptors (Lipinski definition) is 3. The lowest BCUT2D eigenvalue weighted by Gasteiger charge is -2.31. The van der Waals surface area contributed by atoms with Crippen molar-refractivity contribution < 1.29 is 23.1 Å². The summed E-state index contributed by atoms with van der Waals surface area (Å²) < 4.78 is 37.0. The molecule has 1 aromatic rings. The van der Waals surface area contributed by atoms with Crippen molar-refractivity contribution in [3.63, 3.8) is 0 Å². The van der Waals surface area contributed by atoms with Gasteiger partial charge in [-0.15, -0.1) is 11.3 Å². The van der Waals surface area contributed by atoms with Gasteiger partial charge in [0.15, 0.2) is 5.01 Å². The first kappa shape index (κ1) is 13.8. The van der Waals surface area contributed by atoms with Gasteiger partial charge < -0.3 is 5.11 Å². The van der Waals surface area contributed by atoms with Crippen LogP contribution in [0.15, 0.2) is 5.38 Å². The summed E-state index contributed by atoms with van der Waals surface area (Å²) in [6, 6.07) is 0. The van der Waals surface area contributed by atoms with E-state index in [0.29, 0.717) is 11.3 Å². The number of carboxylic acid groups (broad SMARTS) is 1. The van der Waals surface area contributed by atoms with Crippen LogP contribution in [0.25, 0.3) is 0 Å². The van der Waals surface area contributed by atoms with Gasteiger partial charge in [-0.05, 0) is 20.8 Å². The highest BCUT2D eigenvalue weighted by Crippen LogP contribution is 2.35. The van der Waals surface area contributed by atoms with Gasteiger partial charge in [0.05, 0.1) is 0 Å². The topological polar surface area (TPSA) is 53.4 Å². The Kier molecular flexibility index (Phi) is 3.37. The molecular weight excluding hydrogens is 257 g/mol. The fourth-order valence-corrected chi connectivity index (χ4v) is 1.88. The molecule has 4 nitrogen and oxygen atoms in total. The van der Waals surface area contributed by atoms with Crippen molar-refractivity contribution in [3.8, 4) is 0 Å². The standard InChI is InChI=1S/C9H11F3N2O2S/c1-8(2,3)14(7(15)16)5-4-17-6(13-5)9(10,11)12/h4H,1-3H3,(H,15,16). The summed E-state index contributed by atoms with van der Waals surface area (Å²) in [6.07, 6.45) is -5.89. The van der Waals surface area contributed by atoms with Gasteiger partial charge in [-0.2, -0.15) is 13.2 Å². The zero-order valence-corrected chi connectivity index (χ0v) is 10.2. The Morgan fingerprint density at radius 1 is 1.41 bits per heavy atom. The van der Waals surface area contributed by atoms with Crippen LogP contribution in [0.2, 0.25) is 0 Å². The average molecular weight is 268 g/mol. The third-order valence-corrected chi connectivity index (χ3v) is 2.70. The fourth-order valence-electron chi connectivity index (χ4n) is 1.23. The van der Waals surface area contributed by atoms with Crippen LogP contribution in [-0.2, 0) is 6.18 Å². The monoisotopic (exact) mass is 268 g/mol. The molecule has 17 heavy (non-hydrogen) atoms. The van der Waals surface area contributed by atoms with Crippen molar-refractivity contribution in [1.29, 1.82) is 0 Å². The van der Waals surface area contributed by atoms with Crippen LogP contribution in [0.4, 0.5) is 23.8 Å². The Hall–Kier alpha value is -1.31. The molecule has 0 bridgehead atoms. The minimum atomic E-state index is -4.55. The van der Waals surface area contributed by atoms with Gasteiger partial charge in [0.2, 0.25) is 0 Å². The smallest absolute Gasteiger partial charge is 0.443 e. The Morgan fingerprint density at radius 3 is 2.24 bits per heavy atom. The van der Waals surface area contributed by atoms with Crippen LogP contribution in [0.3, 0.4) is 0 Å². The van der Waals surface area contributed by atoms with Gasteiger partial charge in [-0.25, -0.2) is 9.78 Å². The normalized spacial score (nSPS) is 12.6. The molecule has 0 spiro atoms. The van der Waals surface area contributed by atoms with Crippen molar-refractivity contribution >= 4 is 23.2 Å². The average Bonchev–Trinajstić information content (AvgIpc) is 2.47. The molecule has 1 heterocycles. The molecule has 0 atom stereocenters. The van der Waals surface area contributed by atoms with Gasteiger partial charge in [0, 0.05) is 10.9 Å². The second-order valence-electron chi connectivity index (χ2n) is 4.30. The molecule has 1 amide bonds. The predicted molar refractivity (Wildman–Crippen MR) is 57.4 cm³/mol. The van der Waals surface area contributed by atoms with Gasteiger partial charge in [0.1, 0.15) is 5.82 Å². The molecule has 1 N–H and O–H groups in total. The molecule has 0 saturated heterocycles. The van der Waals surface area contributed by atoms with Crippen molar-refractivity contribution in [3.05, 3.63) is 10.4 Å². The third kappa shape index (κ3) is 3.09. The molecular formula is C9H11F3N2O2S. The largest absolute Gasteiger partial charge is 0.465 e. The van der Waals surface area contributed by atoms with Crippen molar-refractivity contribution in [2.24, 2.45) is 0 Å². The lowest BCUT2D eigenvalue weighted by Crippen LogP contribution is -2.45. The molecule has 0 unspecified atom stereocenters. The summed E-state index contributed by atoms with van der Waals surface area (Å²) in [5, 5.41) is 9.02. The van der Waals surface area contributed by atoms with Gasteiger partial charge >= 0.3 is 12.3 Å². The molecule has 0 aliphatic carbocycles. The van der Waals surface area contributed by atoms with Crippen LogP contribution in [-0.4, -0.2) is 21.7 Å². The predicted octanol–water partition coefficient (Wildman–Crippen LogP) is 3.44. The van der Waals surface area contributed by atoms with Gasteiger partial charge in [-0.1, -0.05) is 0 Å². The number of anilines is 1. The van der Waals surface area contributed by atoms with Crippen LogP contribution in [0.1, 0.15) is 25.8 Å². The molecule has 0 aromatic carbocycles. The number of rotatable bonds is 1. The number of hydrogen-bond donors (Lipinski definition) is 1. The van der Waals surface area contributed by atoms with Gasteiger partial charge in [0.25, 0.3) is 0 Å². The first-order chi connectivity index (χ1) is 7.53. The number of amides is 1. The van der Waals surface area contributed by atoms with E-state index < -0.39 is 22.8 Å². The maximum absolute atomic E-state index is 12.3. The summed E-state index contributed by atoms with van der Waals surface area (Å²) >= 11 is 0.377. The van der Waals surface area contributed by atoms with E-state index in [4.69, 9.17) is 5.11 Å². The summed E-state index contributed by atoms with van der Waals surface area (Å²) in [7, 11) is 0. The molecule has 0 saturated carbocycles. The third-order valence-electron chi connectivity index (χ3n) is 1.83. The number of aromatic nitrogens is 1. The Morgan fingerprint density at radius 2 is 1.94 bits per heavy atom. The molecule has 96 valence electrons. The highest BCUT2D eigenvalue weighted by Gasteiger charge is 2.37. The molecule has 0 aliphatic heterocycles. The fraction of sp³-hybridized carbons (Fsp3) is 0.556. The van der Waals surface area contributed by atoms with E-state index in [1.165, 1.54) is 0 Å². The van der Waals surface area contributed by atoms with E-state index in [2.05, 4.69) is 4.98 Å². The minimum Gasteiger partial charge on any atom is -0.465 e. The second-order valence-corrected chi connectivity index (χ2v) is 5.16. The zero-order valence-electron chi connectivity index (χ0n) is 9.37. The Labute approximate surface area is 99.7 Å². The van der Waals surface area contributed by atoms with E-state index in [9.17, 15) is 18.0 Å². The van der Waals surface area contributed by atoms with E-state index in [1.54, 1.807) is 20.8 Å². The number of alkyl halides is 3. The molecule has 0 radical (unpaired) electrons. The quantitative estimate of drug-likeness (QED) is 0.848. The molecule has 0 fully saturated rings. The second kappa shape index (κ2) is 4.17. The molecule has 1 aromatic heterocycles. The van der Waals surface area contributed by atoms with Gasteiger partial charge in [-0.3, -0.25) is 4.90 Å².